The number of hydrazine groups is 1. The first kappa shape index (κ1) is 22.6. The van der Waals surface area contributed by atoms with Crippen molar-refractivity contribution in [1.82, 2.24) is 5.01 Å². The largest absolute Gasteiger partial charge is 0.324 e. The monoisotopic (exact) mass is 399 g/mol. The van der Waals surface area contributed by atoms with Crippen molar-refractivity contribution in [3.63, 3.8) is 0 Å². The third kappa shape index (κ3) is 5.41. The van der Waals surface area contributed by atoms with Crippen LogP contribution in [0.15, 0.2) is 36.4 Å². The molecule has 0 radical (unpaired) electrons. The minimum absolute atomic E-state index is 0.311. The molecule has 6 heteroatoms. The van der Waals surface area contributed by atoms with Gasteiger partial charge in [0, 0.05) is 5.69 Å². The highest BCUT2D eigenvalue weighted by atomic mass is 19.1. The van der Waals surface area contributed by atoms with E-state index < -0.39 is 17.8 Å². The average molecular weight is 400 g/mol. The lowest BCUT2D eigenvalue weighted by Gasteiger charge is -2.25. The van der Waals surface area contributed by atoms with Crippen molar-refractivity contribution in [3.8, 4) is 0 Å². The van der Waals surface area contributed by atoms with E-state index in [1.54, 1.807) is 18.2 Å². The Balaban J connectivity index is 2.34. The van der Waals surface area contributed by atoms with Crippen LogP contribution in [0.25, 0.3) is 0 Å². The Kier molecular flexibility index (Phi) is 7.14. The number of nitrogens with one attached hydrogen (secondary N) is 1. The van der Waals surface area contributed by atoms with E-state index in [1.165, 1.54) is 6.07 Å². The first-order valence-electron chi connectivity index (χ1n) is 9.77. The van der Waals surface area contributed by atoms with Crippen LogP contribution in [-0.4, -0.2) is 17.3 Å². The Morgan fingerprint density at radius 3 is 2.48 bits per heavy atom. The molecule has 156 valence electrons. The summed E-state index contributed by atoms with van der Waals surface area (Å²) < 4.78 is 14.5. The molecule has 3 N–H and O–H groups in total. The van der Waals surface area contributed by atoms with Gasteiger partial charge in [-0.2, -0.15) is 0 Å². The van der Waals surface area contributed by atoms with Crippen LogP contribution < -0.4 is 11.2 Å². The standard InChI is InChI=1S/C23H30FN3O2/c1-6-7-16-12-17(9-8-15(16)2)21(27(25)14-28)22(29)26-18-10-11-19(20(24)13-18)23(3,4)5/h8-14,21H,6-7,25H2,1-5H3,(H,26,29). The highest BCUT2D eigenvalue weighted by molar-refractivity contribution is 5.96. The quantitative estimate of drug-likeness (QED) is 0.314. The molecule has 2 aromatic rings. The maximum atomic E-state index is 14.5. The second kappa shape index (κ2) is 9.18. The molecule has 2 amide bonds. The lowest BCUT2D eigenvalue weighted by atomic mass is 9.86. The molecular formula is C23H30FN3O2. The van der Waals surface area contributed by atoms with Gasteiger partial charge < -0.3 is 5.32 Å². The number of carbonyl (C=O) groups is 2. The van der Waals surface area contributed by atoms with E-state index in [-0.39, 0.29) is 5.41 Å². The Morgan fingerprint density at radius 1 is 1.24 bits per heavy atom. The minimum Gasteiger partial charge on any atom is -0.324 e. The Labute approximate surface area is 172 Å². The fourth-order valence-electron chi connectivity index (χ4n) is 3.33. The molecule has 0 aliphatic rings. The lowest BCUT2D eigenvalue weighted by Crippen LogP contribution is -2.41. The zero-order valence-corrected chi connectivity index (χ0v) is 17.8. The maximum absolute atomic E-state index is 14.5. The summed E-state index contributed by atoms with van der Waals surface area (Å²) in [5.74, 6) is 4.91. The Hall–Kier alpha value is -2.73. The molecule has 0 heterocycles. The van der Waals surface area contributed by atoms with Crippen LogP contribution in [0.3, 0.4) is 0 Å². The van der Waals surface area contributed by atoms with E-state index in [2.05, 4.69) is 12.2 Å². The number of amides is 2. The van der Waals surface area contributed by atoms with Gasteiger partial charge in [0.1, 0.15) is 5.82 Å². The summed E-state index contributed by atoms with van der Waals surface area (Å²) in [6, 6.07) is 9.17. The molecule has 1 unspecified atom stereocenters. The number of nitrogens with zero attached hydrogens (tertiary/aromatic N) is 1. The Morgan fingerprint density at radius 2 is 1.93 bits per heavy atom. The fraction of sp³-hybridized carbons (Fsp3) is 0.391. The molecule has 0 bridgehead atoms. The third-order valence-corrected chi connectivity index (χ3v) is 4.92. The van der Waals surface area contributed by atoms with Crippen molar-refractivity contribution in [1.29, 1.82) is 0 Å². The number of anilines is 1. The second-order valence-corrected chi connectivity index (χ2v) is 8.32. The predicted molar refractivity (Wildman–Crippen MR) is 114 cm³/mol. The summed E-state index contributed by atoms with van der Waals surface area (Å²) in [6.07, 6.45) is 2.23. The first-order valence-corrected chi connectivity index (χ1v) is 9.77. The van der Waals surface area contributed by atoms with Crippen LogP contribution in [0.4, 0.5) is 10.1 Å². The van der Waals surface area contributed by atoms with Gasteiger partial charge in [0.15, 0.2) is 6.04 Å². The molecule has 29 heavy (non-hydrogen) atoms. The van der Waals surface area contributed by atoms with Gasteiger partial charge in [0.05, 0.1) is 0 Å². The molecule has 5 nitrogen and oxygen atoms in total. The van der Waals surface area contributed by atoms with Gasteiger partial charge >= 0.3 is 0 Å². The lowest BCUT2D eigenvalue weighted by molar-refractivity contribution is -0.130. The second-order valence-electron chi connectivity index (χ2n) is 8.32. The van der Waals surface area contributed by atoms with Crippen LogP contribution >= 0.6 is 0 Å². The van der Waals surface area contributed by atoms with Gasteiger partial charge in [0.2, 0.25) is 6.41 Å². The van der Waals surface area contributed by atoms with Crippen molar-refractivity contribution in [2.75, 3.05) is 5.32 Å². The Bertz CT molecular complexity index is 890. The highest BCUT2D eigenvalue weighted by Gasteiger charge is 2.27. The molecule has 2 aromatic carbocycles. The smallest absolute Gasteiger partial charge is 0.253 e. The summed E-state index contributed by atoms with van der Waals surface area (Å²) >= 11 is 0. The van der Waals surface area contributed by atoms with E-state index in [9.17, 15) is 14.0 Å². The summed E-state index contributed by atoms with van der Waals surface area (Å²) in [4.78, 5) is 24.3. The number of halogens is 1. The van der Waals surface area contributed by atoms with Crippen LogP contribution in [-0.2, 0) is 21.4 Å². The number of aryl methyl sites for hydroxylation is 2. The molecule has 0 aliphatic heterocycles. The van der Waals surface area contributed by atoms with Crippen molar-refractivity contribution in [3.05, 3.63) is 64.5 Å². The van der Waals surface area contributed by atoms with E-state index in [1.807, 2.05) is 39.8 Å². The fourth-order valence-corrected chi connectivity index (χ4v) is 3.33. The maximum Gasteiger partial charge on any atom is 0.253 e. The molecule has 0 spiro atoms. The van der Waals surface area contributed by atoms with Gasteiger partial charge in [-0.05, 0) is 53.1 Å². The van der Waals surface area contributed by atoms with Crippen LogP contribution in [0, 0.1) is 12.7 Å². The molecule has 0 saturated heterocycles. The minimum atomic E-state index is -1.02. The predicted octanol–water partition coefficient (Wildman–Crippen LogP) is 4.40. The van der Waals surface area contributed by atoms with E-state index in [4.69, 9.17) is 5.84 Å². The SMILES string of the molecule is CCCc1cc(C(C(=O)Nc2ccc(C(C)(C)C)c(F)c2)N(N)C=O)ccc1C. The molecule has 0 fully saturated rings. The number of carbonyl (C=O) groups excluding carboxylic acids is 2. The topological polar surface area (TPSA) is 75.4 Å². The number of hydrogen-bond donors (Lipinski definition) is 2. The van der Waals surface area contributed by atoms with Crippen LogP contribution in [0.5, 0.6) is 0 Å². The zero-order valence-electron chi connectivity index (χ0n) is 17.8. The van der Waals surface area contributed by atoms with Crippen molar-refractivity contribution in [2.24, 2.45) is 5.84 Å². The van der Waals surface area contributed by atoms with E-state index in [0.717, 1.165) is 29.0 Å². The van der Waals surface area contributed by atoms with E-state index >= 15 is 0 Å². The third-order valence-electron chi connectivity index (χ3n) is 4.92. The number of rotatable bonds is 7. The zero-order chi connectivity index (χ0) is 21.8. The van der Waals surface area contributed by atoms with Crippen LogP contribution in [0.1, 0.15) is 62.4 Å². The number of hydrogen-bond acceptors (Lipinski definition) is 3. The normalized spacial score (nSPS) is 12.4. The number of nitrogens with two attached hydrogens (primary N) is 1. The summed E-state index contributed by atoms with van der Waals surface area (Å²) in [5.41, 5.74) is 3.34. The van der Waals surface area contributed by atoms with Gasteiger partial charge in [-0.15, -0.1) is 0 Å². The van der Waals surface area contributed by atoms with Gasteiger partial charge in [-0.3, -0.25) is 14.6 Å². The molecule has 2 rings (SSSR count). The van der Waals surface area contributed by atoms with Gasteiger partial charge in [0.25, 0.3) is 5.91 Å². The van der Waals surface area contributed by atoms with Crippen molar-refractivity contribution < 1.29 is 14.0 Å². The molecular weight excluding hydrogens is 369 g/mol. The summed E-state index contributed by atoms with van der Waals surface area (Å²) in [6.45, 7) is 9.83. The average Bonchev–Trinajstić information content (AvgIpc) is 2.63. The summed E-state index contributed by atoms with van der Waals surface area (Å²) in [7, 11) is 0. The summed E-state index contributed by atoms with van der Waals surface area (Å²) in [5, 5.41) is 3.51. The molecule has 0 aromatic heterocycles. The van der Waals surface area contributed by atoms with Crippen LogP contribution in [0.2, 0.25) is 0 Å². The molecule has 0 saturated carbocycles. The van der Waals surface area contributed by atoms with Crippen molar-refractivity contribution in [2.45, 2.75) is 58.9 Å². The van der Waals surface area contributed by atoms with E-state index in [0.29, 0.717) is 23.2 Å². The molecule has 0 aliphatic carbocycles. The number of benzene rings is 2. The molecule has 1 atom stereocenters. The van der Waals surface area contributed by atoms with Gasteiger partial charge in [-0.1, -0.05) is 58.4 Å². The van der Waals surface area contributed by atoms with Crippen molar-refractivity contribution >= 4 is 18.0 Å². The highest BCUT2D eigenvalue weighted by Crippen LogP contribution is 2.28. The first-order chi connectivity index (χ1) is 13.6. The van der Waals surface area contributed by atoms with Gasteiger partial charge in [-0.25, -0.2) is 10.2 Å².